The summed E-state index contributed by atoms with van der Waals surface area (Å²) in [5.41, 5.74) is 8.93. The lowest BCUT2D eigenvalue weighted by atomic mass is 9.91. The van der Waals surface area contributed by atoms with E-state index < -0.39 is 0 Å². The third-order valence-electron chi connectivity index (χ3n) is 9.14. The molecule has 2 aliphatic rings. The van der Waals surface area contributed by atoms with Crippen molar-refractivity contribution in [1.82, 2.24) is 14.5 Å². The number of benzene rings is 5. The van der Waals surface area contributed by atoms with E-state index >= 15 is 0 Å². The minimum absolute atomic E-state index is 0.122. The number of anilines is 2. The molecule has 0 N–H and O–H groups in total. The van der Waals surface area contributed by atoms with Gasteiger partial charge in [-0.3, -0.25) is 4.57 Å². The SMILES string of the molecule is C1=CC2c3ccccc3N(c3c(-c4ccccc4)c4ccccc4n3-c3cc(-c4ccccc4)nc(-c4ccccc4)n3)C2C=C1. The van der Waals surface area contributed by atoms with E-state index in [1.54, 1.807) is 0 Å². The van der Waals surface area contributed by atoms with Gasteiger partial charge in [0.1, 0.15) is 11.6 Å². The van der Waals surface area contributed by atoms with Crippen molar-refractivity contribution in [2.24, 2.45) is 0 Å². The van der Waals surface area contributed by atoms with Crippen molar-refractivity contribution in [1.29, 1.82) is 0 Å². The molecule has 0 spiro atoms. The summed E-state index contributed by atoms with van der Waals surface area (Å²) >= 11 is 0. The molecule has 5 aromatic carbocycles. The van der Waals surface area contributed by atoms with Gasteiger partial charge < -0.3 is 4.90 Å². The van der Waals surface area contributed by atoms with Gasteiger partial charge in [0, 0.05) is 39.7 Å². The molecule has 0 amide bonds. The van der Waals surface area contributed by atoms with Crippen molar-refractivity contribution in [3.8, 4) is 39.6 Å². The molecule has 2 atom stereocenters. The monoisotopic (exact) mass is 590 g/mol. The molecule has 4 nitrogen and oxygen atoms in total. The molecule has 2 aromatic heterocycles. The van der Waals surface area contributed by atoms with Crippen molar-refractivity contribution in [2.45, 2.75) is 12.0 Å². The molecule has 2 unspecified atom stereocenters. The Morgan fingerprint density at radius 3 is 1.96 bits per heavy atom. The second-order valence-corrected chi connectivity index (χ2v) is 11.8. The maximum absolute atomic E-state index is 5.34. The van der Waals surface area contributed by atoms with E-state index in [1.807, 2.05) is 24.3 Å². The van der Waals surface area contributed by atoms with Crippen LogP contribution < -0.4 is 4.90 Å². The highest BCUT2D eigenvalue weighted by molar-refractivity contribution is 6.06. The minimum Gasteiger partial charge on any atom is -0.319 e. The fourth-order valence-corrected chi connectivity index (χ4v) is 7.13. The van der Waals surface area contributed by atoms with Gasteiger partial charge in [0.15, 0.2) is 5.82 Å². The molecule has 0 saturated heterocycles. The zero-order chi connectivity index (χ0) is 30.5. The van der Waals surface area contributed by atoms with Crippen LogP contribution >= 0.6 is 0 Å². The summed E-state index contributed by atoms with van der Waals surface area (Å²) in [5, 5.41) is 1.18. The standard InChI is InChI=1S/C42H30N4/c1-4-16-29(17-5-1)35-28-39(44-41(43-35)31-20-8-3-9-21-31)46-38-27-15-12-24-34(38)40(30-18-6-2-7-19-30)42(46)45-36-25-13-10-22-32(36)33-23-11-14-26-37(33)45/h1-28,32,36H. The Kier molecular flexibility index (Phi) is 6.24. The van der Waals surface area contributed by atoms with E-state index in [9.17, 15) is 0 Å². The van der Waals surface area contributed by atoms with Gasteiger partial charge in [-0.2, -0.15) is 0 Å². The Morgan fingerprint density at radius 2 is 1.17 bits per heavy atom. The highest BCUT2D eigenvalue weighted by Crippen LogP contribution is 2.53. The number of para-hydroxylation sites is 2. The van der Waals surface area contributed by atoms with E-state index in [4.69, 9.17) is 9.97 Å². The predicted molar refractivity (Wildman–Crippen MR) is 189 cm³/mol. The van der Waals surface area contributed by atoms with Crippen LogP contribution in [-0.2, 0) is 0 Å². The Hall–Kier alpha value is -6.00. The fourth-order valence-electron chi connectivity index (χ4n) is 7.13. The van der Waals surface area contributed by atoms with E-state index in [1.165, 1.54) is 27.8 Å². The van der Waals surface area contributed by atoms with E-state index in [0.29, 0.717) is 5.82 Å². The molecule has 0 radical (unpaired) electrons. The van der Waals surface area contributed by atoms with Gasteiger partial charge in [0.2, 0.25) is 0 Å². The third kappa shape index (κ3) is 4.22. The topological polar surface area (TPSA) is 34.0 Å². The zero-order valence-corrected chi connectivity index (χ0v) is 25.1. The van der Waals surface area contributed by atoms with E-state index in [2.05, 4.69) is 155 Å². The van der Waals surface area contributed by atoms with Crippen molar-refractivity contribution in [3.05, 3.63) is 175 Å². The van der Waals surface area contributed by atoms with Crippen LogP contribution in [0, 0.1) is 0 Å². The third-order valence-corrected chi connectivity index (χ3v) is 9.14. The van der Waals surface area contributed by atoms with Gasteiger partial charge in [-0.25, -0.2) is 9.97 Å². The molecule has 3 heterocycles. The number of hydrogen-bond donors (Lipinski definition) is 0. The largest absolute Gasteiger partial charge is 0.319 e. The second kappa shape index (κ2) is 10.9. The quantitative estimate of drug-likeness (QED) is 0.200. The average molecular weight is 591 g/mol. The van der Waals surface area contributed by atoms with Crippen molar-refractivity contribution in [3.63, 3.8) is 0 Å². The lowest BCUT2D eigenvalue weighted by molar-refractivity contribution is 0.733. The number of hydrogen-bond acceptors (Lipinski definition) is 3. The molecule has 1 aliphatic heterocycles. The van der Waals surface area contributed by atoms with Gasteiger partial charge in [0.25, 0.3) is 0 Å². The first kappa shape index (κ1) is 26.4. The Labute approximate surface area is 268 Å². The Morgan fingerprint density at radius 1 is 0.543 bits per heavy atom. The lowest BCUT2D eigenvalue weighted by Crippen LogP contribution is -2.30. The van der Waals surface area contributed by atoms with Crippen LogP contribution in [0.5, 0.6) is 0 Å². The van der Waals surface area contributed by atoms with Gasteiger partial charge in [-0.1, -0.05) is 152 Å². The number of allylic oxidation sites excluding steroid dienone is 2. The van der Waals surface area contributed by atoms with Gasteiger partial charge in [-0.15, -0.1) is 0 Å². The molecule has 1 aliphatic carbocycles. The second-order valence-electron chi connectivity index (χ2n) is 11.8. The molecule has 0 fully saturated rings. The predicted octanol–water partition coefficient (Wildman–Crippen LogP) is 10.2. The summed E-state index contributed by atoms with van der Waals surface area (Å²) in [5.74, 6) is 2.88. The molecule has 46 heavy (non-hydrogen) atoms. The Balaban J connectivity index is 1.41. The normalized spacial score (nSPS) is 16.5. The number of fused-ring (bicyclic) bond motifs is 4. The molecular weight excluding hydrogens is 560 g/mol. The molecule has 0 bridgehead atoms. The number of nitrogens with zero attached hydrogens (tertiary/aromatic N) is 4. The first-order valence-corrected chi connectivity index (χ1v) is 15.8. The van der Waals surface area contributed by atoms with Crippen LogP contribution in [0.25, 0.3) is 50.5 Å². The maximum atomic E-state index is 5.34. The highest BCUT2D eigenvalue weighted by atomic mass is 15.3. The number of aromatic nitrogens is 3. The highest BCUT2D eigenvalue weighted by Gasteiger charge is 2.40. The molecular formula is C42H30N4. The number of rotatable bonds is 5. The zero-order valence-electron chi connectivity index (χ0n) is 25.1. The summed E-state index contributed by atoms with van der Waals surface area (Å²) in [4.78, 5) is 13.0. The Bertz CT molecular complexity index is 2210. The summed E-state index contributed by atoms with van der Waals surface area (Å²) in [7, 11) is 0. The van der Waals surface area contributed by atoms with Gasteiger partial charge >= 0.3 is 0 Å². The van der Waals surface area contributed by atoms with Gasteiger partial charge in [-0.05, 0) is 23.3 Å². The minimum atomic E-state index is 0.122. The van der Waals surface area contributed by atoms with Crippen LogP contribution in [0.4, 0.5) is 11.5 Å². The summed E-state index contributed by atoms with van der Waals surface area (Å²) < 4.78 is 2.36. The summed E-state index contributed by atoms with van der Waals surface area (Å²) in [6.07, 6.45) is 9.04. The molecule has 9 rings (SSSR count). The average Bonchev–Trinajstić information content (AvgIpc) is 3.65. The smallest absolute Gasteiger partial charge is 0.162 e. The first-order chi connectivity index (χ1) is 22.8. The van der Waals surface area contributed by atoms with Crippen LogP contribution in [0.2, 0.25) is 0 Å². The fraction of sp³-hybridized carbons (Fsp3) is 0.0476. The summed E-state index contributed by atoms with van der Waals surface area (Å²) in [6, 6.07) is 51.3. The molecule has 7 aromatic rings. The lowest BCUT2D eigenvalue weighted by Gasteiger charge is -2.31. The van der Waals surface area contributed by atoms with Crippen molar-refractivity contribution < 1.29 is 0 Å². The van der Waals surface area contributed by atoms with E-state index in [0.717, 1.165) is 34.0 Å². The van der Waals surface area contributed by atoms with Crippen LogP contribution in [0.15, 0.2) is 170 Å². The molecule has 218 valence electrons. The van der Waals surface area contributed by atoms with Crippen molar-refractivity contribution >= 4 is 22.4 Å². The van der Waals surface area contributed by atoms with Crippen LogP contribution in [0.3, 0.4) is 0 Å². The van der Waals surface area contributed by atoms with E-state index in [-0.39, 0.29) is 12.0 Å². The maximum Gasteiger partial charge on any atom is 0.162 e. The molecule has 0 saturated carbocycles. The van der Waals surface area contributed by atoms with Crippen molar-refractivity contribution in [2.75, 3.05) is 4.90 Å². The molecule has 4 heteroatoms. The summed E-state index contributed by atoms with van der Waals surface area (Å²) in [6.45, 7) is 0. The van der Waals surface area contributed by atoms with Crippen LogP contribution in [0.1, 0.15) is 11.5 Å². The van der Waals surface area contributed by atoms with Crippen LogP contribution in [-0.4, -0.2) is 20.6 Å². The first-order valence-electron chi connectivity index (χ1n) is 15.8. The van der Waals surface area contributed by atoms with Gasteiger partial charge in [0.05, 0.1) is 17.3 Å².